The summed E-state index contributed by atoms with van der Waals surface area (Å²) < 4.78 is 0. The fraction of sp³-hybridized carbons (Fsp3) is 0.625. The SMILES string of the molecule is CC(C(N)=O)N1C(=O)NC2(CC2)C1=O. The minimum Gasteiger partial charge on any atom is -0.368 e. The summed E-state index contributed by atoms with van der Waals surface area (Å²) in [5, 5.41) is 2.57. The molecule has 0 radical (unpaired) electrons. The Labute approximate surface area is 80.4 Å². The lowest BCUT2D eigenvalue weighted by molar-refractivity contribution is -0.134. The molecule has 1 aliphatic carbocycles. The average molecular weight is 197 g/mol. The number of hydrogen-bond acceptors (Lipinski definition) is 3. The Kier molecular flexibility index (Phi) is 1.58. The van der Waals surface area contributed by atoms with Crippen molar-refractivity contribution in [2.45, 2.75) is 31.3 Å². The highest BCUT2D eigenvalue weighted by Gasteiger charge is 2.60. The van der Waals surface area contributed by atoms with Crippen molar-refractivity contribution in [1.82, 2.24) is 10.2 Å². The van der Waals surface area contributed by atoms with Crippen LogP contribution in [0.1, 0.15) is 19.8 Å². The standard InChI is InChI=1S/C8H11N3O3/c1-4(5(9)12)11-6(13)8(2-3-8)10-7(11)14/h4H,2-3H2,1H3,(H2,9,12)(H,10,14). The van der Waals surface area contributed by atoms with E-state index in [-0.39, 0.29) is 5.91 Å². The predicted molar refractivity (Wildman–Crippen MR) is 46.0 cm³/mol. The number of carbonyl (C=O) groups excluding carboxylic acids is 3. The number of amides is 4. The van der Waals surface area contributed by atoms with Crippen molar-refractivity contribution in [1.29, 1.82) is 0 Å². The van der Waals surface area contributed by atoms with Gasteiger partial charge in [0.1, 0.15) is 11.6 Å². The summed E-state index contributed by atoms with van der Waals surface area (Å²) in [7, 11) is 0. The van der Waals surface area contributed by atoms with Crippen LogP contribution < -0.4 is 11.1 Å². The first-order valence-electron chi connectivity index (χ1n) is 4.43. The number of urea groups is 1. The fourth-order valence-corrected chi connectivity index (χ4v) is 1.58. The molecule has 2 aliphatic rings. The van der Waals surface area contributed by atoms with Crippen LogP contribution in [-0.2, 0) is 9.59 Å². The van der Waals surface area contributed by atoms with Gasteiger partial charge in [-0.3, -0.25) is 9.59 Å². The number of hydrogen-bond donors (Lipinski definition) is 2. The fourth-order valence-electron chi connectivity index (χ4n) is 1.58. The van der Waals surface area contributed by atoms with Gasteiger partial charge in [0.25, 0.3) is 5.91 Å². The number of nitrogens with two attached hydrogens (primary N) is 1. The van der Waals surface area contributed by atoms with E-state index in [9.17, 15) is 14.4 Å². The molecular formula is C8H11N3O3. The van der Waals surface area contributed by atoms with Gasteiger partial charge in [0.05, 0.1) is 0 Å². The molecule has 1 spiro atoms. The van der Waals surface area contributed by atoms with E-state index in [0.29, 0.717) is 12.8 Å². The summed E-state index contributed by atoms with van der Waals surface area (Å²) in [4.78, 5) is 34.8. The minimum absolute atomic E-state index is 0.325. The summed E-state index contributed by atoms with van der Waals surface area (Å²) in [5.74, 6) is -1.000. The predicted octanol–water partition coefficient (Wildman–Crippen LogP) is -1.06. The maximum absolute atomic E-state index is 11.7. The van der Waals surface area contributed by atoms with E-state index in [1.54, 1.807) is 0 Å². The molecular weight excluding hydrogens is 186 g/mol. The zero-order valence-corrected chi connectivity index (χ0v) is 7.74. The first-order valence-corrected chi connectivity index (χ1v) is 4.43. The smallest absolute Gasteiger partial charge is 0.325 e. The first-order chi connectivity index (χ1) is 6.48. The van der Waals surface area contributed by atoms with Gasteiger partial charge in [-0.25, -0.2) is 9.69 Å². The maximum atomic E-state index is 11.7. The van der Waals surface area contributed by atoms with Gasteiger partial charge in [0, 0.05) is 0 Å². The second kappa shape index (κ2) is 2.46. The van der Waals surface area contributed by atoms with Gasteiger partial charge >= 0.3 is 6.03 Å². The molecule has 1 heterocycles. The highest BCUT2D eigenvalue weighted by atomic mass is 16.2. The molecule has 0 bridgehead atoms. The molecule has 2 rings (SSSR count). The summed E-state index contributed by atoms with van der Waals surface area (Å²) >= 11 is 0. The Balaban J connectivity index is 2.24. The summed E-state index contributed by atoms with van der Waals surface area (Å²) in [6.07, 6.45) is 1.30. The number of nitrogens with one attached hydrogen (secondary N) is 1. The highest BCUT2D eigenvalue weighted by molar-refractivity contribution is 6.11. The number of primary amides is 1. The van der Waals surface area contributed by atoms with Crippen molar-refractivity contribution in [2.75, 3.05) is 0 Å². The van der Waals surface area contributed by atoms with E-state index < -0.39 is 23.5 Å². The number of imide groups is 1. The van der Waals surface area contributed by atoms with Crippen LogP contribution in [0, 0.1) is 0 Å². The van der Waals surface area contributed by atoms with E-state index in [0.717, 1.165) is 4.90 Å². The van der Waals surface area contributed by atoms with Crippen molar-refractivity contribution in [3.8, 4) is 0 Å². The lowest BCUT2D eigenvalue weighted by atomic mass is 10.2. The lowest BCUT2D eigenvalue weighted by Gasteiger charge is -2.17. The topological polar surface area (TPSA) is 92.5 Å². The summed E-state index contributed by atoms with van der Waals surface area (Å²) in [5.41, 5.74) is 4.33. The van der Waals surface area contributed by atoms with Crippen LogP contribution in [0.15, 0.2) is 0 Å². The minimum atomic E-state index is -0.873. The summed E-state index contributed by atoms with van der Waals surface area (Å²) in [6, 6.07) is -1.39. The van der Waals surface area contributed by atoms with Crippen LogP contribution in [0.4, 0.5) is 4.79 Å². The normalized spacial score (nSPS) is 25.1. The van der Waals surface area contributed by atoms with Gasteiger partial charge in [0.15, 0.2) is 0 Å². The van der Waals surface area contributed by atoms with Crippen molar-refractivity contribution < 1.29 is 14.4 Å². The molecule has 3 N–H and O–H groups in total. The molecule has 6 heteroatoms. The molecule has 1 saturated carbocycles. The third kappa shape index (κ3) is 0.997. The Morgan fingerprint density at radius 1 is 1.57 bits per heavy atom. The average Bonchev–Trinajstić information content (AvgIpc) is 2.80. The second-order valence-corrected chi connectivity index (χ2v) is 3.77. The van der Waals surface area contributed by atoms with E-state index in [1.807, 2.05) is 0 Å². The first kappa shape index (κ1) is 8.98. The molecule has 4 amide bonds. The van der Waals surface area contributed by atoms with Crippen LogP contribution >= 0.6 is 0 Å². The maximum Gasteiger partial charge on any atom is 0.325 e. The summed E-state index contributed by atoms with van der Waals surface area (Å²) in [6.45, 7) is 1.45. The van der Waals surface area contributed by atoms with E-state index in [1.165, 1.54) is 6.92 Å². The van der Waals surface area contributed by atoms with E-state index >= 15 is 0 Å². The highest BCUT2D eigenvalue weighted by Crippen LogP contribution is 2.41. The molecule has 76 valence electrons. The number of rotatable bonds is 2. The van der Waals surface area contributed by atoms with E-state index in [2.05, 4.69) is 5.32 Å². The number of carbonyl (C=O) groups is 3. The van der Waals surface area contributed by atoms with Crippen LogP contribution in [0.25, 0.3) is 0 Å². The van der Waals surface area contributed by atoms with Crippen molar-refractivity contribution in [2.24, 2.45) is 5.73 Å². The Hall–Kier alpha value is -1.59. The van der Waals surface area contributed by atoms with Crippen LogP contribution in [0.2, 0.25) is 0 Å². The lowest BCUT2D eigenvalue weighted by Crippen LogP contribution is -2.46. The Morgan fingerprint density at radius 2 is 2.14 bits per heavy atom. The third-order valence-electron chi connectivity index (χ3n) is 2.74. The molecule has 2 fully saturated rings. The molecule has 0 aromatic heterocycles. The van der Waals surface area contributed by atoms with Gasteiger partial charge < -0.3 is 11.1 Å². The Morgan fingerprint density at radius 3 is 2.50 bits per heavy atom. The third-order valence-corrected chi connectivity index (χ3v) is 2.74. The van der Waals surface area contributed by atoms with Crippen molar-refractivity contribution in [3.05, 3.63) is 0 Å². The molecule has 14 heavy (non-hydrogen) atoms. The monoisotopic (exact) mass is 197 g/mol. The van der Waals surface area contributed by atoms with Crippen LogP contribution in [0.3, 0.4) is 0 Å². The zero-order valence-electron chi connectivity index (χ0n) is 7.74. The quantitative estimate of drug-likeness (QED) is 0.553. The molecule has 6 nitrogen and oxygen atoms in total. The van der Waals surface area contributed by atoms with Gasteiger partial charge in [-0.1, -0.05) is 0 Å². The van der Waals surface area contributed by atoms with Crippen LogP contribution in [-0.4, -0.2) is 34.3 Å². The van der Waals surface area contributed by atoms with Gasteiger partial charge in [0.2, 0.25) is 5.91 Å². The van der Waals surface area contributed by atoms with Gasteiger partial charge in [-0.15, -0.1) is 0 Å². The molecule has 1 unspecified atom stereocenters. The van der Waals surface area contributed by atoms with Crippen molar-refractivity contribution >= 4 is 17.8 Å². The van der Waals surface area contributed by atoms with Gasteiger partial charge in [-0.05, 0) is 19.8 Å². The number of nitrogens with zero attached hydrogens (tertiary/aromatic N) is 1. The van der Waals surface area contributed by atoms with Crippen LogP contribution in [0.5, 0.6) is 0 Å². The Bertz CT molecular complexity index is 335. The molecule has 1 saturated heterocycles. The second-order valence-electron chi connectivity index (χ2n) is 3.77. The van der Waals surface area contributed by atoms with Crippen molar-refractivity contribution in [3.63, 3.8) is 0 Å². The molecule has 1 aliphatic heterocycles. The largest absolute Gasteiger partial charge is 0.368 e. The molecule has 0 aromatic carbocycles. The zero-order chi connectivity index (χ0) is 10.5. The molecule has 0 aromatic rings. The molecule has 1 atom stereocenters. The van der Waals surface area contributed by atoms with Gasteiger partial charge in [-0.2, -0.15) is 0 Å². The van der Waals surface area contributed by atoms with E-state index in [4.69, 9.17) is 5.73 Å².